The molecule has 1 saturated heterocycles. The molecule has 1 fully saturated rings. The minimum Gasteiger partial charge on any atom is -0.379 e. The Morgan fingerprint density at radius 2 is 1.98 bits per heavy atom. The summed E-state index contributed by atoms with van der Waals surface area (Å²) in [7, 11) is 0. The van der Waals surface area contributed by atoms with Crippen molar-refractivity contribution in [2.24, 2.45) is 0 Å². The number of carbonyl (C=O) groups excluding carboxylic acids is 2. The van der Waals surface area contributed by atoms with Gasteiger partial charge in [0.15, 0.2) is 11.2 Å². The van der Waals surface area contributed by atoms with Crippen LogP contribution in [0.15, 0.2) is 55.0 Å². The van der Waals surface area contributed by atoms with E-state index < -0.39 is 48.5 Å². The first kappa shape index (κ1) is 26.0. The van der Waals surface area contributed by atoms with Gasteiger partial charge in [0, 0.05) is 52.1 Å². The van der Waals surface area contributed by atoms with Crippen LogP contribution in [0.2, 0.25) is 5.02 Å². The van der Waals surface area contributed by atoms with Gasteiger partial charge in [0.2, 0.25) is 0 Å². The molecule has 6 rings (SSSR count). The summed E-state index contributed by atoms with van der Waals surface area (Å²) in [4.78, 5) is 31.3. The predicted octanol–water partition coefficient (Wildman–Crippen LogP) is 4.55. The van der Waals surface area contributed by atoms with E-state index in [0.29, 0.717) is 16.8 Å². The predicted molar refractivity (Wildman–Crippen MR) is 135 cm³/mol. The zero-order valence-corrected chi connectivity index (χ0v) is 21.1. The standard InChI is InChI=1S/C26H19ClF4N6O3/c27-18-3-2-15(28)9-16(18)22-21-17(23(38)35-22)7-14(13-1-4-20-32-12-33-37(20)10-13)8-19(21)34-24(39)36-6-5-25(40,11-36)26(29,30)31/h1-4,7-10,12,22,40H,5-6,11H2,(H,34,39)(H,35,38). The fourth-order valence-corrected chi connectivity index (χ4v) is 5.28. The third-order valence-electron chi connectivity index (χ3n) is 7.17. The van der Waals surface area contributed by atoms with Crippen molar-refractivity contribution in [3.8, 4) is 11.1 Å². The second kappa shape index (κ2) is 9.17. The molecule has 206 valence electrons. The van der Waals surface area contributed by atoms with Gasteiger partial charge in [-0.2, -0.15) is 18.3 Å². The van der Waals surface area contributed by atoms with Gasteiger partial charge in [-0.25, -0.2) is 18.7 Å². The fourth-order valence-electron chi connectivity index (χ4n) is 5.05. The second-order valence-corrected chi connectivity index (χ2v) is 10.1. The number of halogens is 5. The quantitative estimate of drug-likeness (QED) is 0.311. The smallest absolute Gasteiger partial charge is 0.379 e. The lowest BCUT2D eigenvalue weighted by Gasteiger charge is -2.26. The molecule has 2 unspecified atom stereocenters. The number of likely N-dealkylation sites (tertiary alicyclic amines) is 1. The molecule has 2 aromatic heterocycles. The minimum absolute atomic E-state index is 0.0994. The molecule has 0 bridgehead atoms. The maximum Gasteiger partial charge on any atom is 0.419 e. The van der Waals surface area contributed by atoms with E-state index in [1.807, 2.05) is 0 Å². The summed E-state index contributed by atoms with van der Waals surface area (Å²) in [6.45, 7) is -1.30. The third kappa shape index (κ3) is 4.31. The summed E-state index contributed by atoms with van der Waals surface area (Å²) in [5.41, 5.74) is -0.619. The van der Waals surface area contributed by atoms with Gasteiger partial charge in [-0.1, -0.05) is 11.6 Å². The highest BCUT2D eigenvalue weighted by molar-refractivity contribution is 6.31. The molecule has 0 aliphatic carbocycles. The maximum absolute atomic E-state index is 14.2. The number of benzene rings is 2. The van der Waals surface area contributed by atoms with E-state index in [1.54, 1.807) is 30.5 Å². The number of β-amino-alcohol motifs (C(OH)–C–C–N with tert-alkyl or cyclic N) is 1. The SMILES string of the molecule is O=C1NC(c2cc(F)ccc2Cl)c2c(NC(=O)N3CCC(O)(C(F)(F)F)C3)cc(-c3ccc4ncnn4c3)cc21. The summed E-state index contributed by atoms with van der Waals surface area (Å²) in [6.07, 6.45) is -2.57. The average molecular weight is 575 g/mol. The first-order chi connectivity index (χ1) is 18.9. The van der Waals surface area contributed by atoms with Gasteiger partial charge in [-0.15, -0.1) is 0 Å². The Hall–Kier alpha value is -4.23. The van der Waals surface area contributed by atoms with E-state index in [0.717, 1.165) is 17.0 Å². The van der Waals surface area contributed by atoms with Crippen LogP contribution >= 0.6 is 11.6 Å². The van der Waals surface area contributed by atoms with E-state index in [4.69, 9.17) is 11.6 Å². The lowest BCUT2D eigenvalue weighted by Crippen LogP contribution is -2.48. The molecular weight excluding hydrogens is 556 g/mol. The largest absolute Gasteiger partial charge is 0.419 e. The highest BCUT2D eigenvalue weighted by atomic mass is 35.5. The van der Waals surface area contributed by atoms with E-state index in [2.05, 4.69) is 20.7 Å². The molecule has 40 heavy (non-hydrogen) atoms. The van der Waals surface area contributed by atoms with E-state index in [9.17, 15) is 32.3 Å². The molecule has 0 saturated carbocycles. The Kier molecular flexibility index (Phi) is 5.96. The van der Waals surface area contributed by atoms with Crippen LogP contribution in [0, 0.1) is 5.82 Å². The van der Waals surface area contributed by atoms with Crippen molar-refractivity contribution >= 4 is 34.9 Å². The fraction of sp³-hybridized carbons (Fsp3) is 0.231. The van der Waals surface area contributed by atoms with Crippen LogP contribution in [0.3, 0.4) is 0 Å². The van der Waals surface area contributed by atoms with Crippen molar-refractivity contribution < 1.29 is 32.3 Å². The van der Waals surface area contributed by atoms with Crippen LogP contribution in [0.4, 0.5) is 28.0 Å². The van der Waals surface area contributed by atoms with Crippen LogP contribution in [-0.4, -0.2) is 61.4 Å². The van der Waals surface area contributed by atoms with Gasteiger partial charge < -0.3 is 20.6 Å². The molecule has 3 amide bonds. The van der Waals surface area contributed by atoms with Crippen molar-refractivity contribution in [1.82, 2.24) is 24.8 Å². The monoisotopic (exact) mass is 574 g/mol. The number of aliphatic hydroxyl groups is 1. The second-order valence-electron chi connectivity index (χ2n) is 9.67. The van der Waals surface area contributed by atoms with Gasteiger partial charge in [0.25, 0.3) is 5.91 Å². The number of nitrogens with one attached hydrogen (secondary N) is 2. The van der Waals surface area contributed by atoms with Crippen molar-refractivity contribution in [2.45, 2.75) is 24.2 Å². The Morgan fingerprint density at radius 1 is 1.18 bits per heavy atom. The molecule has 4 aromatic rings. The lowest BCUT2D eigenvalue weighted by molar-refractivity contribution is -0.253. The van der Waals surface area contributed by atoms with Gasteiger partial charge in [0.1, 0.15) is 12.1 Å². The number of alkyl halides is 3. The molecule has 2 aliphatic heterocycles. The molecule has 2 atom stereocenters. The lowest BCUT2D eigenvalue weighted by atomic mass is 9.93. The van der Waals surface area contributed by atoms with Crippen LogP contribution in [-0.2, 0) is 0 Å². The number of carbonyl (C=O) groups is 2. The van der Waals surface area contributed by atoms with Crippen molar-refractivity contribution in [2.75, 3.05) is 18.4 Å². The highest BCUT2D eigenvalue weighted by Crippen LogP contribution is 2.42. The minimum atomic E-state index is -4.92. The molecule has 14 heteroatoms. The summed E-state index contributed by atoms with van der Waals surface area (Å²) in [6, 6.07) is 8.35. The molecule has 0 spiro atoms. The Morgan fingerprint density at radius 3 is 2.73 bits per heavy atom. The van der Waals surface area contributed by atoms with E-state index in [1.165, 1.54) is 16.9 Å². The number of nitrogens with zero attached hydrogens (tertiary/aromatic N) is 4. The number of rotatable bonds is 3. The summed E-state index contributed by atoms with van der Waals surface area (Å²) in [5.74, 6) is -1.12. The van der Waals surface area contributed by atoms with Crippen LogP contribution in [0.25, 0.3) is 16.8 Å². The number of fused-ring (bicyclic) bond motifs is 2. The molecule has 4 heterocycles. The topological polar surface area (TPSA) is 112 Å². The van der Waals surface area contributed by atoms with Crippen LogP contribution < -0.4 is 10.6 Å². The third-order valence-corrected chi connectivity index (χ3v) is 7.51. The van der Waals surface area contributed by atoms with Gasteiger partial charge in [-0.05, 0) is 48.0 Å². The zero-order valence-electron chi connectivity index (χ0n) is 20.3. The normalized spacial score (nSPS) is 20.6. The average Bonchev–Trinajstić information content (AvgIpc) is 3.62. The number of pyridine rings is 1. The Labute approximate surface area is 228 Å². The van der Waals surface area contributed by atoms with Gasteiger partial charge in [-0.3, -0.25) is 4.79 Å². The van der Waals surface area contributed by atoms with E-state index >= 15 is 0 Å². The molecule has 3 N–H and O–H groups in total. The number of hydrogen-bond acceptors (Lipinski definition) is 5. The molecule has 2 aromatic carbocycles. The van der Waals surface area contributed by atoms with Crippen molar-refractivity contribution in [1.29, 1.82) is 0 Å². The number of anilines is 1. The zero-order chi connectivity index (χ0) is 28.4. The number of aromatic nitrogens is 3. The number of amides is 3. The molecule has 9 nitrogen and oxygen atoms in total. The van der Waals surface area contributed by atoms with Crippen molar-refractivity contribution in [3.05, 3.63) is 82.5 Å². The number of hydrogen-bond donors (Lipinski definition) is 3. The molecule has 2 aliphatic rings. The Bertz CT molecular complexity index is 1690. The summed E-state index contributed by atoms with van der Waals surface area (Å²) in [5, 5.41) is 19.7. The molecular formula is C26H19ClF4N6O3. The highest BCUT2D eigenvalue weighted by Gasteiger charge is 2.58. The van der Waals surface area contributed by atoms with E-state index in [-0.39, 0.29) is 33.9 Å². The summed E-state index contributed by atoms with van der Waals surface area (Å²) < 4.78 is 55.8. The van der Waals surface area contributed by atoms with Gasteiger partial charge >= 0.3 is 12.2 Å². The Balaban J connectivity index is 1.44. The van der Waals surface area contributed by atoms with Gasteiger partial charge in [0.05, 0.1) is 12.6 Å². The summed E-state index contributed by atoms with van der Waals surface area (Å²) >= 11 is 6.33. The number of urea groups is 1. The van der Waals surface area contributed by atoms with Crippen LogP contribution in [0.5, 0.6) is 0 Å². The first-order valence-electron chi connectivity index (χ1n) is 12.0. The van der Waals surface area contributed by atoms with Crippen LogP contribution in [0.1, 0.15) is 33.9 Å². The first-order valence-corrected chi connectivity index (χ1v) is 12.4. The molecule has 0 radical (unpaired) electrons. The van der Waals surface area contributed by atoms with Crippen molar-refractivity contribution in [3.63, 3.8) is 0 Å². The maximum atomic E-state index is 14.2.